The van der Waals surface area contributed by atoms with Crippen molar-refractivity contribution in [1.29, 1.82) is 0 Å². The second-order valence-corrected chi connectivity index (χ2v) is 5.28. The zero-order valence-corrected chi connectivity index (χ0v) is 11.3. The van der Waals surface area contributed by atoms with Crippen LogP contribution in [0.1, 0.15) is 11.4 Å². The Hall–Kier alpha value is -1.20. The highest BCUT2D eigenvalue weighted by molar-refractivity contribution is 5.45. The average Bonchev–Trinajstić information content (AvgIpc) is 2.77. The highest BCUT2D eigenvalue weighted by atomic mass is 16.5. The molecule has 1 aromatic heterocycles. The van der Waals surface area contributed by atoms with Gasteiger partial charge in [-0.2, -0.15) is 0 Å². The Kier molecular flexibility index (Phi) is 2.95. The molecule has 2 saturated heterocycles. The number of likely N-dealkylation sites (N-methyl/N-ethyl adjacent to an activating group) is 1. The van der Waals surface area contributed by atoms with E-state index in [2.05, 4.69) is 26.8 Å². The summed E-state index contributed by atoms with van der Waals surface area (Å²) < 4.78 is 5.86. The number of hydrogen-bond acceptors (Lipinski definition) is 5. The second-order valence-electron chi connectivity index (χ2n) is 5.28. The van der Waals surface area contributed by atoms with E-state index >= 15 is 0 Å². The molecular weight excluding hydrogens is 228 g/mol. The number of hydrogen-bond donors (Lipinski definition) is 0. The van der Waals surface area contributed by atoms with Crippen molar-refractivity contribution in [1.82, 2.24) is 14.9 Å². The quantitative estimate of drug-likeness (QED) is 0.728. The number of fused-ring (bicyclic) bond motifs is 1. The maximum atomic E-state index is 5.86. The highest BCUT2D eigenvalue weighted by Crippen LogP contribution is 2.26. The van der Waals surface area contributed by atoms with Gasteiger partial charge in [-0.15, -0.1) is 0 Å². The van der Waals surface area contributed by atoms with Gasteiger partial charge < -0.3 is 9.64 Å². The van der Waals surface area contributed by atoms with Gasteiger partial charge in [0.05, 0.1) is 30.1 Å². The van der Waals surface area contributed by atoms with Gasteiger partial charge in [-0.05, 0) is 20.9 Å². The first-order chi connectivity index (χ1) is 8.65. The molecule has 2 atom stereocenters. The molecule has 0 aromatic carbocycles. The summed E-state index contributed by atoms with van der Waals surface area (Å²) in [4.78, 5) is 13.7. The van der Waals surface area contributed by atoms with E-state index in [9.17, 15) is 0 Å². The number of nitrogens with zero attached hydrogens (tertiary/aromatic N) is 4. The van der Waals surface area contributed by atoms with Crippen molar-refractivity contribution in [3.8, 4) is 0 Å². The Balaban J connectivity index is 1.84. The minimum atomic E-state index is 0.311. The Labute approximate surface area is 108 Å². The van der Waals surface area contributed by atoms with Crippen molar-refractivity contribution in [2.45, 2.75) is 26.0 Å². The lowest BCUT2D eigenvalue weighted by atomic mass is 10.1. The molecular formula is C13H20N4O. The van der Waals surface area contributed by atoms with Crippen LogP contribution in [0.15, 0.2) is 6.20 Å². The van der Waals surface area contributed by atoms with Crippen LogP contribution in [-0.4, -0.2) is 60.3 Å². The molecule has 5 nitrogen and oxygen atoms in total. The molecule has 0 aliphatic carbocycles. The molecule has 3 heterocycles. The van der Waals surface area contributed by atoms with E-state index < -0.39 is 0 Å². The average molecular weight is 248 g/mol. The Morgan fingerprint density at radius 2 is 2.17 bits per heavy atom. The zero-order valence-electron chi connectivity index (χ0n) is 11.3. The van der Waals surface area contributed by atoms with E-state index in [1.807, 2.05) is 20.0 Å². The summed E-state index contributed by atoms with van der Waals surface area (Å²) in [5.74, 6) is 1.02. The Morgan fingerprint density at radius 1 is 1.33 bits per heavy atom. The van der Waals surface area contributed by atoms with Gasteiger partial charge in [-0.25, -0.2) is 4.98 Å². The minimum Gasteiger partial charge on any atom is -0.373 e. The van der Waals surface area contributed by atoms with E-state index in [1.54, 1.807) is 0 Å². The largest absolute Gasteiger partial charge is 0.373 e. The van der Waals surface area contributed by atoms with Gasteiger partial charge in [0.25, 0.3) is 0 Å². The van der Waals surface area contributed by atoms with Crippen molar-refractivity contribution in [2.75, 3.05) is 38.2 Å². The maximum absolute atomic E-state index is 5.86. The SMILES string of the molecule is Cc1cnc(C)c(N2C[C@H]3OCCN(C)[C@H]3C2)n1. The minimum absolute atomic E-state index is 0.311. The molecule has 0 unspecified atom stereocenters. The van der Waals surface area contributed by atoms with Gasteiger partial charge >= 0.3 is 0 Å². The summed E-state index contributed by atoms with van der Waals surface area (Å²) in [6, 6.07) is 0.487. The first-order valence-corrected chi connectivity index (χ1v) is 6.52. The van der Waals surface area contributed by atoms with E-state index in [0.717, 1.165) is 43.4 Å². The van der Waals surface area contributed by atoms with Crippen LogP contribution in [0.25, 0.3) is 0 Å². The third-order valence-electron chi connectivity index (χ3n) is 3.93. The number of rotatable bonds is 1. The van der Waals surface area contributed by atoms with Gasteiger partial charge in [0.2, 0.25) is 0 Å². The second kappa shape index (κ2) is 4.48. The normalized spacial score (nSPS) is 28.5. The fourth-order valence-corrected chi connectivity index (χ4v) is 2.85. The summed E-state index contributed by atoms with van der Waals surface area (Å²) >= 11 is 0. The number of anilines is 1. The van der Waals surface area contributed by atoms with Gasteiger partial charge in [0.1, 0.15) is 5.82 Å². The standard InChI is InChI=1S/C13H20N4O/c1-9-6-14-10(2)13(15-9)17-7-11-12(8-17)18-5-4-16(11)3/h6,11-12H,4-5,7-8H2,1-3H3/t11-,12+/m0/s1. The van der Waals surface area contributed by atoms with Crippen molar-refractivity contribution in [3.05, 3.63) is 17.6 Å². The molecule has 0 bridgehead atoms. The molecule has 0 radical (unpaired) electrons. The lowest BCUT2D eigenvalue weighted by molar-refractivity contribution is -0.0362. The molecule has 0 amide bonds. The Morgan fingerprint density at radius 3 is 2.94 bits per heavy atom. The van der Waals surface area contributed by atoms with E-state index in [0.29, 0.717) is 12.1 Å². The molecule has 5 heteroatoms. The van der Waals surface area contributed by atoms with Gasteiger partial charge in [0.15, 0.2) is 0 Å². The van der Waals surface area contributed by atoms with Crippen LogP contribution >= 0.6 is 0 Å². The summed E-state index contributed by atoms with van der Waals surface area (Å²) in [7, 11) is 2.18. The summed E-state index contributed by atoms with van der Waals surface area (Å²) in [6.07, 6.45) is 2.13. The van der Waals surface area contributed by atoms with Crippen molar-refractivity contribution >= 4 is 5.82 Å². The molecule has 2 aliphatic heterocycles. The lowest BCUT2D eigenvalue weighted by Gasteiger charge is -2.33. The third-order valence-corrected chi connectivity index (χ3v) is 3.93. The highest BCUT2D eigenvalue weighted by Gasteiger charge is 2.39. The van der Waals surface area contributed by atoms with Crippen molar-refractivity contribution < 1.29 is 4.74 Å². The first-order valence-electron chi connectivity index (χ1n) is 6.52. The van der Waals surface area contributed by atoms with Crippen LogP contribution in [0, 0.1) is 13.8 Å². The predicted octanol–water partition coefficient (Wildman–Crippen LogP) is 0.613. The van der Waals surface area contributed by atoms with Crippen LogP contribution < -0.4 is 4.90 Å². The molecule has 1 aromatic rings. The first kappa shape index (κ1) is 11.9. The number of aromatic nitrogens is 2. The summed E-state index contributed by atoms with van der Waals surface area (Å²) in [5, 5.41) is 0. The third kappa shape index (κ3) is 1.97. The van der Waals surface area contributed by atoms with E-state index in [1.165, 1.54) is 0 Å². The molecule has 0 spiro atoms. The molecule has 3 rings (SSSR count). The summed E-state index contributed by atoms with van der Waals surface area (Å²) in [6.45, 7) is 7.78. The molecule has 0 N–H and O–H groups in total. The molecule has 98 valence electrons. The van der Waals surface area contributed by atoms with Crippen LogP contribution in [0.2, 0.25) is 0 Å². The lowest BCUT2D eigenvalue weighted by Crippen LogP contribution is -2.48. The summed E-state index contributed by atoms with van der Waals surface area (Å²) in [5.41, 5.74) is 1.97. The topological polar surface area (TPSA) is 41.5 Å². The molecule has 2 aliphatic rings. The monoisotopic (exact) mass is 248 g/mol. The van der Waals surface area contributed by atoms with Crippen LogP contribution in [0.4, 0.5) is 5.82 Å². The van der Waals surface area contributed by atoms with Gasteiger partial charge in [-0.1, -0.05) is 0 Å². The van der Waals surface area contributed by atoms with E-state index in [-0.39, 0.29) is 0 Å². The molecule has 18 heavy (non-hydrogen) atoms. The fraction of sp³-hybridized carbons (Fsp3) is 0.692. The van der Waals surface area contributed by atoms with Crippen molar-refractivity contribution in [3.63, 3.8) is 0 Å². The Bertz CT molecular complexity index is 451. The van der Waals surface area contributed by atoms with E-state index in [4.69, 9.17) is 4.74 Å². The predicted molar refractivity (Wildman–Crippen MR) is 69.9 cm³/mol. The zero-order chi connectivity index (χ0) is 12.7. The maximum Gasteiger partial charge on any atom is 0.150 e. The fourth-order valence-electron chi connectivity index (χ4n) is 2.85. The van der Waals surface area contributed by atoms with Crippen LogP contribution in [0.5, 0.6) is 0 Å². The molecule has 0 saturated carbocycles. The smallest absolute Gasteiger partial charge is 0.150 e. The van der Waals surface area contributed by atoms with Crippen LogP contribution in [0.3, 0.4) is 0 Å². The van der Waals surface area contributed by atoms with Crippen LogP contribution in [-0.2, 0) is 4.74 Å². The van der Waals surface area contributed by atoms with Gasteiger partial charge in [0, 0.05) is 25.8 Å². The van der Waals surface area contributed by atoms with Crippen molar-refractivity contribution in [2.24, 2.45) is 0 Å². The van der Waals surface area contributed by atoms with Gasteiger partial charge in [-0.3, -0.25) is 9.88 Å². The number of morpholine rings is 1. The number of aryl methyl sites for hydroxylation is 2. The molecule has 2 fully saturated rings. The number of ether oxygens (including phenoxy) is 1.